The van der Waals surface area contributed by atoms with Gasteiger partial charge in [0, 0.05) is 5.56 Å². The van der Waals surface area contributed by atoms with Crippen molar-refractivity contribution in [2.45, 2.75) is 0 Å². The molecule has 0 N–H and O–H groups in total. The first-order valence-corrected chi connectivity index (χ1v) is 8.77. The molecule has 4 aromatic carbocycles. The van der Waals surface area contributed by atoms with Crippen molar-refractivity contribution in [2.75, 3.05) is 0 Å². The van der Waals surface area contributed by atoms with E-state index >= 15 is 0 Å². The van der Waals surface area contributed by atoms with E-state index in [9.17, 15) is 4.79 Å². The number of esters is 1. The lowest BCUT2D eigenvalue weighted by molar-refractivity contribution is -0.129. The van der Waals surface area contributed by atoms with Crippen molar-refractivity contribution >= 4 is 39.5 Å². The molecule has 0 fully saturated rings. The number of hydrogen-bond acceptors (Lipinski definition) is 3. The minimum Gasteiger partial charge on any atom is -0.402 e. The fourth-order valence-corrected chi connectivity index (χ4v) is 3.39. The monoisotopic (exact) mass is 349 g/mol. The predicted octanol–water partition coefficient (Wildman–Crippen LogP) is 5.34. The summed E-state index contributed by atoms with van der Waals surface area (Å²) in [7, 11) is 0. The van der Waals surface area contributed by atoms with E-state index in [1.807, 2.05) is 72.8 Å². The molecule has 1 aliphatic heterocycles. The maximum atomic E-state index is 12.4. The molecule has 4 aromatic rings. The van der Waals surface area contributed by atoms with Crippen molar-refractivity contribution < 1.29 is 9.53 Å². The van der Waals surface area contributed by atoms with Crippen molar-refractivity contribution in [2.24, 2.45) is 4.99 Å². The van der Waals surface area contributed by atoms with E-state index in [0.29, 0.717) is 11.6 Å². The molecule has 0 aromatic heterocycles. The first kappa shape index (κ1) is 15.5. The standard InChI is InChI=1S/C24H15NO2/c26-24-22(15-16-12-13-17-6-1-2-8-19(17)14-16)25-23(27-24)21-11-5-9-18-7-3-4-10-20(18)21/h1-15H/b22-15-. The lowest BCUT2D eigenvalue weighted by Crippen LogP contribution is -2.05. The molecule has 0 saturated carbocycles. The molecule has 0 amide bonds. The minimum atomic E-state index is -0.425. The molecule has 0 radical (unpaired) electrons. The Morgan fingerprint density at radius 2 is 1.48 bits per heavy atom. The van der Waals surface area contributed by atoms with Crippen LogP contribution in [0.4, 0.5) is 0 Å². The molecular weight excluding hydrogens is 334 g/mol. The topological polar surface area (TPSA) is 38.7 Å². The van der Waals surface area contributed by atoms with Gasteiger partial charge in [-0.2, -0.15) is 0 Å². The number of nitrogens with zero attached hydrogens (tertiary/aromatic N) is 1. The summed E-state index contributed by atoms with van der Waals surface area (Å²) in [6.07, 6.45) is 1.77. The second kappa shape index (κ2) is 6.22. The van der Waals surface area contributed by atoms with Gasteiger partial charge in [-0.15, -0.1) is 0 Å². The third-order valence-electron chi connectivity index (χ3n) is 4.72. The highest BCUT2D eigenvalue weighted by molar-refractivity contribution is 6.17. The largest absolute Gasteiger partial charge is 0.402 e. The van der Waals surface area contributed by atoms with Crippen molar-refractivity contribution in [3.63, 3.8) is 0 Å². The average Bonchev–Trinajstić information content (AvgIpc) is 3.07. The van der Waals surface area contributed by atoms with Crippen LogP contribution < -0.4 is 0 Å². The van der Waals surface area contributed by atoms with Gasteiger partial charge in [0.05, 0.1) is 0 Å². The Balaban J connectivity index is 1.58. The van der Waals surface area contributed by atoms with Gasteiger partial charge in [0.15, 0.2) is 5.70 Å². The Hall–Kier alpha value is -3.72. The smallest absolute Gasteiger partial charge is 0.363 e. The van der Waals surface area contributed by atoms with Crippen LogP contribution in [0.1, 0.15) is 11.1 Å². The molecular formula is C24H15NO2. The lowest BCUT2D eigenvalue weighted by Gasteiger charge is -2.04. The quantitative estimate of drug-likeness (QED) is 0.362. The highest BCUT2D eigenvalue weighted by atomic mass is 16.6. The molecule has 0 aliphatic carbocycles. The van der Waals surface area contributed by atoms with Crippen LogP contribution in [0.2, 0.25) is 0 Å². The zero-order chi connectivity index (χ0) is 18.2. The summed E-state index contributed by atoms with van der Waals surface area (Å²) in [5.41, 5.74) is 2.06. The summed E-state index contributed by atoms with van der Waals surface area (Å²) in [4.78, 5) is 16.8. The number of benzene rings is 4. The van der Waals surface area contributed by atoms with Crippen molar-refractivity contribution in [3.8, 4) is 0 Å². The highest BCUT2D eigenvalue weighted by Gasteiger charge is 2.25. The van der Waals surface area contributed by atoms with Crippen LogP contribution in [0.3, 0.4) is 0 Å². The second-order valence-electron chi connectivity index (χ2n) is 6.47. The fourth-order valence-electron chi connectivity index (χ4n) is 3.39. The van der Waals surface area contributed by atoms with E-state index in [-0.39, 0.29) is 0 Å². The second-order valence-corrected chi connectivity index (χ2v) is 6.47. The van der Waals surface area contributed by atoms with Gasteiger partial charge in [0.2, 0.25) is 5.90 Å². The number of fused-ring (bicyclic) bond motifs is 2. The van der Waals surface area contributed by atoms with Crippen molar-refractivity contribution in [1.82, 2.24) is 0 Å². The SMILES string of the molecule is O=C1OC(c2cccc3ccccc23)=N/C1=C\c1ccc2ccccc2c1. The Morgan fingerprint density at radius 1 is 0.741 bits per heavy atom. The van der Waals surface area contributed by atoms with Crippen molar-refractivity contribution in [1.29, 1.82) is 0 Å². The van der Waals surface area contributed by atoms with Gasteiger partial charge in [0.25, 0.3) is 0 Å². The summed E-state index contributed by atoms with van der Waals surface area (Å²) < 4.78 is 5.47. The van der Waals surface area contributed by atoms with E-state index in [4.69, 9.17) is 4.74 Å². The molecule has 27 heavy (non-hydrogen) atoms. The average molecular weight is 349 g/mol. The molecule has 1 heterocycles. The molecule has 3 nitrogen and oxygen atoms in total. The van der Waals surface area contributed by atoms with Crippen LogP contribution in [0, 0.1) is 0 Å². The highest BCUT2D eigenvalue weighted by Crippen LogP contribution is 2.25. The van der Waals surface area contributed by atoms with E-state index in [1.165, 1.54) is 0 Å². The number of rotatable bonds is 2. The maximum absolute atomic E-state index is 12.4. The third-order valence-corrected chi connectivity index (χ3v) is 4.72. The van der Waals surface area contributed by atoms with Crippen LogP contribution in [0.5, 0.6) is 0 Å². The van der Waals surface area contributed by atoms with Gasteiger partial charge in [-0.05, 0) is 45.3 Å². The summed E-state index contributed by atoms with van der Waals surface area (Å²) in [6, 6.07) is 28.1. The molecule has 3 heteroatoms. The third kappa shape index (κ3) is 2.79. The van der Waals surface area contributed by atoms with Crippen molar-refractivity contribution in [3.05, 3.63) is 102 Å². The lowest BCUT2D eigenvalue weighted by atomic mass is 10.0. The molecule has 0 unspecified atom stereocenters. The Labute approximate surface area is 156 Å². The van der Waals surface area contributed by atoms with Crippen LogP contribution in [-0.4, -0.2) is 11.9 Å². The van der Waals surface area contributed by atoms with Gasteiger partial charge in [-0.3, -0.25) is 0 Å². The number of carbonyl (C=O) groups excluding carboxylic acids is 1. The molecule has 0 spiro atoms. The fraction of sp³-hybridized carbons (Fsp3) is 0. The van der Waals surface area contributed by atoms with Crippen LogP contribution in [-0.2, 0) is 9.53 Å². The summed E-state index contributed by atoms with van der Waals surface area (Å²) in [5, 5.41) is 4.38. The normalized spacial score (nSPS) is 15.3. The summed E-state index contributed by atoms with van der Waals surface area (Å²) in [5.74, 6) is -0.0741. The molecule has 0 saturated heterocycles. The molecule has 1 aliphatic rings. The molecule has 128 valence electrons. The number of carbonyl (C=O) groups is 1. The number of aliphatic imine (C=N–C) groups is 1. The van der Waals surface area contributed by atoms with Gasteiger partial charge >= 0.3 is 5.97 Å². The maximum Gasteiger partial charge on any atom is 0.363 e. The van der Waals surface area contributed by atoms with E-state index in [0.717, 1.165) is 32.7 Å². The van der Waals surface area contributed by atoms with E-state index in [2.05, 4.69) is 17.1 Å². The zero-order valence-corrected chi connectivity index (χ0v) is 14.4. The van der Waals surface area contributed by atoms with Gasteiger partial charge in [-0.25, -0.2) is 9.79 Å². The van der Waals surface area contributed by atoms with Crippen LogP contribution in [0.15, 0.2) is 95.6 Å². The van der Waals surface area contributed by atoms with E-state index < -0.39 is 5.97 Å². The summed E-state index contributed by atoms with van der Waals surface area (Å²) in [6.45, 7) is 0. The van der Waals surface area contributed by atoms with E-state index in [1.54, 1.807) is 6.08 Å². The molecule has 0 bridgehead atoms. The number of ether oxygens (including phenoxy) is 1. The van der Waals surface area contributed by atoms with Gasteiger partial charge < -0.3 is 4.74 Å². The molecule has 0 atom stereocenters. The first-order valence-electron chi connectivity index (χ1n) is 8.77. The van der Waals surface area contributed by atoms with Crippen LogP contribution >= 0.6 is 0 Å². The number of hydrogen-bond donors (Lipinski definition) is 0. The number of cyclic esters (lactones) is 1. The molecule has 5 rings (SSSR count). The predicted molar refractivity (Wildman–Crippen MR) is 109 cm³/mol. The summed E-state index contributed by atoms with van der Waals surface area (Å²) >= 11 is 0. The minimum absolute atomic E-state index is 0.313. The Kier molecular flexibility index (Phi) is 3.58. The van der Waals surface area contributed by atoms with Gasteiger partial charge in [-0.1, -0.05) is 72.8 Å². The van der Waals surface area contributed by atoms with Crippen LogP contribution in [0.25, 0.3) is 27.6 Å². The Bertz CT molecular complexity index is 1260. The first-order chi connectivity index (χ1) is 13.3. The zero-order valence-electron chi connectivity index (χ0n) is 14.4. The van der Waals surface area contributed by atoms with Gasteiger partial charge in [0.1, 0.15) is 0 Å². The Morgan fingerprint density at radius 3 is 2.37 bits per heavy atom.